The van der Waals surface area contributed by atoms with Crippen LogP contribution < -0.4 is 5.43 Å². The summed E-state index contributed by atoms with van der Waals surface area (Å²) < 4.78 is 5.10. The van der Waals surface area contributed by atoms with Crippen LogP contribution in [0.5, 0.6) is 0 Å². The molecule has 1 atom stereocenters. The Hall–Kier alpha value is -0.840. The number of nitrogens with one attached hydrogen (secondary N) is 1. The average molecular weight is 146 g/mol. The van der Waals surface area contributed by atoms with Gasteiger partial charge in [-0.05, 0) is 6.92 Å². The molecule has 1 aliphatic heterocycles. The Morgan fingerprint density at radius 3 is 2.80 bits per heavy atom. The van der Waals surface area contributed by atoms with E-state index in [1.165, 1.54) is 0 Å². The fourth-order valence-electron chi connectivity index (χ4n) is 0.822. The van der Waals surface area contributed by atoms with E-state index < -0.39 is 5.03 Å². The summed E-state index contributed by atoms with van der Waals surface area (Å²) in [5, 5.41) is 9.28. The number of hydrogen-bond donors (Lipinski definition) is 1. The molecule has 0 aliphatic carbocycles. The molecule has 58 valence electrons. The summed E-state index contributed by atoms with van der Waals surface area (Å²) in [6.07, 6.45) is 0.897. The number of hydrazine groups is 1. The van der Waals surface area contributed by atoms with Crippen molar-refractivity contribution in [3.05, 3.63) is 10.1 Å². The van der Waals surface area contributed by atoms with Crippen LogP contribution in [-0.2, 0) is 4.74 Å². The van der Waals surface area contributed by atoms with Crippen molar-refractivity contribution in [2.45, 2.75) is 18.9 Å². The lowest BCUT2D eigenvalue weighted by atomic mass is 9.98. The van der Waals surface area contributed by atoms with Gasteiger partial charge in [-0.25, -0.2) is 10.1 Å². The number of rotatable bonds is 3. The fourth-order valence-corrected chi connectivity index (χ4v) is 0.822. The van der Waals surface area contributed by atoms with E-state index in [1.807, 2.05) is 6.92 Å². The minimum atomic E-state index is -0.549. The van der Waals surface area contributed by atoms with Gasteiger partial charge in [-0.1, -0.05) is 0 Å². The van der Waals surface area contributed by atoms with Crippen LogP contribution in [0.2, 0.25) is 0 Å². The van der Waals surface area contributed by atoms with Crippen LogP contribution in [0.4, 0.5) is 0 Å². The smallest absolute Gasteiger partial charge is 0.157 e. The molecule has 0 saturated carbocycles. The number of nitro groups is 1. The Morgan fingerprint density at radius 2 is 2.50 bits per heavy atom. The fraction of sp³-hybridized carbons (Fsp3) is 1.00. The third-order valence-corrected chi connectivity index (χ3v) is 1.66. The molecular weight excluding hydrogens is 136 g/mol. The van der Waals surface area contributed by atoms with E-state index in [4.69, 9.17) is 4.74 Å². The highest BCUT2D eigenvalue weighted by atomic mass is 16.7. The lowest BCUT2D eigenvalue weighted by Crippen LogP contribution is -2.49. The quantitative estimate of drug-likeness (QED) is 0.447. The third-order valence-electron chi connectivity index (χ3n) is 1.66. The van der Waals surface area contributed by atoms with E-state index in [9.17, 15) is 10.1 Å². The molecule has 1 aliphatic rings. The maximum atomic E-state index is 9.82. The van der Waals surface area contributed by atoms with Crippen LogP contribution >= 0.6 is 0 Å². The van der Waals surface area contributed by atoms with Crippen molar-refractivity contribution in [3.63, 3.8) is 0 Å². The van der Waals surface area contributed by atoms with Crippen molar-refractivity contribution in [3.8, 4) is 0 Å². The van der Waals surface area contributed by atoms with Crippen molar-refractivity contribution < 1.29 is 9.77 Å². The first-order chi connectivity index (χ1) is 4.62. The molecule has 1 rings (SSSR count). The zero-order valence-corrected chi connectivity index (χ0v) is 5.79. The summed E-state index contributed by atoms with van der Waals surface area (Å²) in [6.45, 7) is 2.86. The largest absolute Gasteiger partial charge is 0.373 e. The van der Waals surface area contributed by atoms with Crippen LogP contribution in [0.1, 0.15) is 13.3 Å². The minimum Gasteiger partial charge on any atom is -0.373 e. The summed E-state index contributed by atoms with van der Waals surface area (Å²) in [7, 11) is 0. The summed E-state index contributed by atoms with van der Waals surface area (Å²) >= 11 is 0. The van der Waals surface area contributed by atoms with E-state index >= 15 is 0 Å². The predicted octanol–water partition coefficient (Wildman–Crippen LogP) is -0.0533. The second kappa shape index (κ2) is 2.42. The van der Waals surface area contributed by atoms with Crippen LogP contribution in [0, 0.1) is 10.1 Å². The summed E-state index contributed by atoms with van der Waals surface area (Å²) in [6, 6.07) is 0. The maximum absolute atomic E-state index is 9.82. The van der Waals surface area contributed by atoms with Crippen molar-refractivity contribution in [2.24, 2.45) is 0 Å². The first kappa shape index (κ1) is 7.27. The van der Waals surface area contributed by atoms with Crippen LogP contribution in [-0.4, -0.2) is 23.8 Å². The van der Waals surface area contributed by atoms with Gasteiger partial charge in [-0.15, -0.1) is 5.43 Å². The summed E-state index contributed by atoms with van der Waals surface area (Å²) in [5.74, 6) is 0. The van der Waals surface area contributed by atoms with Crippen molar-refractivity contribution in [2.75, 3.05) is 13.2 Å². The van der Waals surface area contributed by atoms with Gasteiger partial charge >= 0.3 is 0 Å². The lowest BCUT2D eigenvalue weighted by molar-refractivity contribution is -0.548. The number of nitrogens with zero attached hydrogens (tertiary/aromatic N) is 1. The van der Waals surface area contributed by atoms with Gasteiger partial charge < -0.3 is 4.74 Å². The molecule has 0 aromatic carbocycles. The zero-order chi connectivity index (χ0) is 7.61. The summed E-state index contributed by atoms with van der Waals surface area (Å²) in [4.78, 5) is 9.82. The Kier molecular flexibility index (Phi) is 1.76. The molecule has 0 spiro atoms. The van der Waals surface area contributed by atoms with Crippen LogP contribution in [0.15, 0.2) is 0 Å². The topological polar surface area (TPSA) is 64.4 Å². The molecule has 5 nitrogen and oxygen atoms in total. The molecule has 10 heavy (non-hydrogen) atoms. The van der Waals surface area contributed by atoms with E-state index in [-0.39, 0.29) is 5.60 Å². The zero-order valence-electron chi connectivity index (χ0n) is 5.79. The van der Waals surface area contributed by atoms with E-state index in [1.54, 1.807) is 0 Å². The third kappa shape index (κ3) is 1.57. The van der Waals surface area contributed by atoms with Crippen LogP contribution in [0.25, 0.3) is 0 Å². The lowest BCUT2D eigenvalue weighted by Gasteiger charge is -2.37. The first-order valence-corrected chi connectivity index (χ1v) is 3.14. The Labute approximate surface area is 58.5 Å². The minimum absolute atomic E-state index is 0.292. The standard InChI is InChI=1S/C5H10N2O3/c1-5(2-3-10-5)4-6-7(8)9/h6H,2-4H2,1H3. The first-order valence-electron chi connectivity index (χ1n) is 3.14. The maximum Gasteiger partial charge on any atom is 0.157 e. The molecule has 1 saturated heterocycles. The molecular formula is C5H10N2O3. The molecule has 1 fully saturated rings. The average Bonchev–Trinajstić information content (AvgIpc) is 1.79. The van der Waals surface area contributed by atoms with E-state index in [0.717, 1.165) is 13.0 Å². The van der Waals surface area contributed by atoms with Crippen molar-refractivity contribution >= 4 is 0 Å². The molecule has 0 amide bonds. The van der Waals surface area contributed by atoms with Crippen LogP contribution in [0.3, 0.4) is 0 Å². The Bertz CT molecular complexity index is 144. The van der Waals surface area contributed by atoms with Crippen molar-refractivity contribution in [1.82, 2.24) is 5.43 Å². The molecule has 1 heterocycles. The van der Waals surface area contributed by atoms with Crippen molar-refractivity contribution in [1.29, 1.82) is 0 Å². The predicted molar refractivity (Wildman–Crippen MR) is 34.0 cm³/mol. The van der Waals surface area contributed by atoms with Gasteiger partial charge in [0.05, 0.1) is 12.2 Å². The van der Waals surface area contributed by atoms with Gasteiger partial charge in [-0.3, -0.25) is 0 Å². The highest BCUT2D eigenvalue weighted by Gasteiger charge is 2.34. The van der Waals surface area contributed by atoms with Gasteiger partial charge in [0.1, 0.15) is 6.54 Å². The van der Waals surface area contributed by atoms with E-state index in [2.05, 4.69) is 5.43 Å². The van der Waals surface area contributed by atoms with Gasteiger partial charge in [-0.2, -0.15) is 0 Å². The molecule has 0 aromatic heterocycles. The molecule has 1 N–H and O–H groups in total. The second-order valence-electron chi connectivity index (χ2n) is 2.64. The Morgan fingerprint density at radius 1 is 1.90 bits per heavy atom. The monoisotopic (exact) mass is 146 g/mol. The number of ether oxygens (including phenoxy) is 1. The molecule has 1 unspecified atom stereocenters. The second-order valence-corrected chi connectivity index (χ2v) is 2.64. The highest BCUT2D eigenvalue weighted by Crippen LogP contribution is 2.23. The molecule has 0 aromatic rings. The Balaban J connectivity index is 2.18. The molecule has 5 heteroatoms. The van der Waals surface area contributed by atoms with Gasteiger partial charge in [0, 0.05) is 6.42 Å². The SMILES string of the molecule is CC1(CN[N+](=O)[O-])CCO1. The number of hydrogen-bond acceptors (Lipinski definition) is 3. The summed E-state index contributed by atoms with van der Waals surface area (Å²) in [5.41, 5.74) is 1.79. The van der Waals surface area contributed by atoms with Gasteiger partial charge in [0.2, 0.25) is 0 Å². The van der Waals surface area contributed by atoms with Gasteiger partial charge in [0.15, 0.2) is 5.03 Å². The highest BCUT2D eigenvalue weighted by molar-refractivity contribution is 4.83. The molecule has 0 bridgehead atoms. The molecule has 0 radical (unpaired) electrons. The van der Waals surface area contributed by atoms with E-state index in [0.29, 0.717) is 6.54 Å². The van der Waals surface area contributed by atoms with Gasteiger partial charge in [0.25, 0.3) is 0 Å². The normalized spacial score (nSPS) is 30.9.